The van der Waals surface area contributed by atoms with E-state index < -0.39 is 5.60 Å². The Morgan fingerprint density at radius 3 is 2.64 bits per heavy atom. The molecule has 0 bridgehead atoms. The number of nitrogens with zero attached hydrogens (tertiary/aromatic N) is 6. The lowest BCUT2D eigenvalue weighted by Crippen LogP contribution is -2.55. The molecule has 2 saturated heterocycles. The smallest absolute Gasteiger partial charge is 0.410 e. The molecule has 2 amide bonds. The maximum atomic E-state index is 12.8. The van der Waals surface area contributed by atoms with Gasteiger partial charge in [-0.15, -0.1) is 0 Å². The molecule has 1 unspecified atom stereocenters. The normalized spacial score (nSPS) is 18.9. The molecular weight excluding hydrogens is 480 g/mol. The fourth-order valence-electron chi connectivity index (χ4n) is 4.94. The number of aromatic nitrogens is 3. The van der Waals surface area contributed by atoms with Gasteiger partial charge in [-0.05, 0) is 52.3 Å². The Kier molecular flexibility index (Phi) is 6.28. The van der Waals surface area contributed by atoms with Crippen molar-refractivity contribution in [2.45, 2.75) is 52.2 Å². The lowest BCUT2D eigenvalue weighted by molar-refractivity contribution is -0.117. The third-order valence-electron chi connectivity index (χ3n) is 6.55. The molecule has 2 aliphatic rings. The topological polar surface area (TPSA) is 83.8 Å². The van der Waals surface area contributed by atoms with Crippen LogP contribution in [0.2, 0.25) is 5.02 Å². The van der Waals surface area contributed by atoms with Crippen molar-refractivity contribution in [1.82, 2.24) is 19.4 Å². The van der Waals surface area contributed by atoms with Gasteiger partial charge in [-0.3, -0.25) is 9.36 Å². The second-order valence-electron chi connectivity index (χ2n) is 10.4. The maximum Gasteiger partial charge on any atom is 0.410 e. The highest BCUT2D eigenvalue weighted by molar-refractivity contribution is 6.30. The van der Waals surface area contributed by atoms with Crippen LogP contribution in [0.25, 0.3) is 16.7 Å². The van der Waals surface area contributed by atoms with E-state index in [1.165, 1.54) is 0 Å². The lowest BCUT2D eigenvalue weighted by atomic mass is 10.1. The van der Waals surface area contributed by atoms with Crippen molar-refractivity contribution in [3.63, 3.8) is 0 Å². The molecule has 0 saturated carbocycles. The fraction of sp³-hybridized carbons (Fsp3) is 0.462. The maximum absolute atomic E-state index is 12.8. The number of halogens is 1. The summed E-state index contributed by atoms with van der Waals surface area (Å²) >= 11 is 6.29. The predicted octanol–water partition coefficient (Wildman–Crippen LogP) is 4.65. The van der Waals surface area contributed by atoms with Crippen molar-refractivity contribution in [2.75, 3.05) is 36.0 Å². The number of carbonyl (C=O) groups excluding carboxylic acids is 2. The van der Waals surface area contributed by atoms with E-state index in [1.807, 2.05) is 67.6 Å². The number of hydrogen-bond donors (Lipinski definition) is 0. The molecule has 0 spiro atoms. The average molecular weight is 511 g/mol. The molecule has 1 aromatic carbocycles. The fourth-order valence-corrected chi connectivity index (χ4v) is 5.12. The van der Waals surface area contributed by atoms with Gasteiger partial charge < -0.3 is 19.4 Å². The molecule has 190 valence electrons. The molecule has 10 heteroatoms. The molecule has 2 aromatic heterocycles. The number of hydrogen-bond acceptors (Lipinski definition) is 6. The van der Waals surface area contributed by atoms with Crippen molar-refractivity contribution < 1.29 is 14.3 Å². The number of anilines is 2. The van der Waals surface area contributed by atoms with Gasteiger partial charge in [0.2, 0.25) is 5.91 Å². The van der Waals surface area contributed by atoms with Gasteiger partial charge in [-0.1, -0.05) is 17.7 Å². The van der Waals surface area contributed by atoms with Crippen molar-refractivity contribution >= 4 is 46.1 Å². The van der Waals surface area contributed by atoms with Crippen molar-refractivity contribution in [1.29, 1.82) is 0 Å². The quantitative estimate of drug-likeness (QED) is 0.510. The first-order valence-corrected chi connectivity index (χ1v) is 12.7. The second kappa shape index (κ2) is 9.28. The highest BCUT2D eigenvalue weighted by Crippen LogP contribution is 2.38. The van der Waals surface area contributed by atoms with Gasteiger partial charge in [-0.25, -0.2) is 14.8 Å². The van der Waals surface area contributed by atoms with Crippen LogP contribution >= 0.6 is 11.6 Å². The summed E-state index contributed by atoms with van der Waals surface area (Å²) in [5, 5.41) is 1.44. The third-order valence-corrected chi connectivity index (χ3v) is 6.78. The van der Waals surface area contributed by atoms with Gasteiger partial charge in [0.25, 0.3) is 0 Å². The van der Waals surface area contributed by atoms with Crippen LogP contribution in [0, 0.1) is 0 Å². The molecule has 3 aromatic rings. The van der Waals surface area contributed by atoms with Crippen LogP contribution in [0.1, 0.15) is 40.5 Å². The summed E-state index contributed by atoms with van der Waals surface area (Å²) in [6.07, 6.45) is 4.55. The molecule has 36 heavy (non-hydrogen) atoms. The summed E-state index contributed by atoms with van der Waals surface area (Å²) in [5.74, 6) is 0.851. The number of piperazine rings is 1. The van der Waals surface area contributed by atoms with E-state index in [4.69, 9.17) is 16.3 Å². The highest BCUT2D eigenvalue weighted by atomic mass is 35.5. The molecule has 4 heterocycles. The standard InChI is InChI=1S/C26H31ClN6O3/c1-17-14-30(11-12-31(17)25(35)36-26(2,3)4)23-22-20(32-10-6-9-21(32)34)15-33(24(22)29-16-28-23)19-8-5-7-18(27)13-19/h5,7-8,13,15-17H,6,9-12,14H2,1-4H3. The largest absolute Gasteiger partial charge is 0.444 e. The predicted molar refractivity (Wildman–Crippen MR) is 140 cm³/mol. The van der Waals surface area contributed by atoms with E-state index in [0.29, 0.717) is 43.3 Å². The number of amides is 2. The summed E-state index contributed by atoms with van der Waals surface area (Å²) in [7, 11) is 0. The van der Waals surface area contributed by atoms with Gasteiger partial charge in [-0.2, -0.15) is 0 Å². The summed E-state index contributed by atoms with van der Waals surface area (Å²) < 4.78 is 7.57. The lowest BCUT2D eigenvalue weighted by Gasteiger charge is -2.40. The van der Waals surface area contributed by atoms with Gasteiger partial charge in [0, 0.05) is 55.5 Å². The van der Waals surface area contributed by atoms with Crippen LogP contribution in [-0.2, 0) is 9.53 Å². The van der Waals surface area contributed by atoms with Crippen LogP contribution in [-0.4, -0.2) is 69.3 Å². The summed E-state index contributed by atoms with van der Waals surface area (Å²) in [6, 6.07) is 7.48. The van der Waals surface area contributed by atoms with E-state index in [-0.39, 0.29) is 18.0 Å². The molecule has 0 aliphatic carbocycles. The van der Waals surface area contributed by atoms with E-state index in [9.17, 15) is 9.59 Å². The van der Waals surface area contributed by atoms with E-state index in [1.54, 1.807) is 11.2 Å². The van der Waals surface area contributed by atoms with Gasteiger partial charge in [0.1, 0.15) is 17.7 Å². The molecule has 1 atom stereocenters. The molecule has 9 nitrogen and oxygen atoms in total. The zero-order valence-corrected chi connectivity index (χ0v) is 21.8. The Bertz CT molecular complexity index is 1320. The Balaban J connectivity index is 1.55. The highest BCUT2D eigenvalue weighted by Gasteiger charge is 2.34. The number of fused-ring (bicyclic) bond motifs is 1. The Hall–Kier alpha value is -3.33. The second-order valence-corrected chi connectivity index (χ2v) is 10.8. The van der Waals surface area contributed by atoms with Crippen LogP contribution in [0.5, 0.6) is 0 Å². The monoisotopic (exact) mass is 510 g/mol. The average Bonchev–Trinajstić information content (AvgIpc) is 3.41. The van der Waals surface area contributed by atoms with Gasteiger partial charge in [0.05, 0.1) is 11.1 Å². The number of rotatable bonds is 3. The molecular formula is C26H31ClN6O3. The summed E-state index contributed by atoms with van der Waals surface area (Å²) in [6.45, 7) is 9.96. The van der Waals surface area contributed by atoms with Crippen LogP contribution < -0.4 is 9.80 Å². The van der Waals surface area contributed by atoms with Crippen molar-refractivity contribution in [2.24, 2.45) is 0 Å². The zero-order chi connectivity index (χ0) is 25.6. The molecule has 0 N–H and O–H groups in total. The van der Waals surface area contributed by atoms with Gasteiger partial charge in [0.15, 0.2) is 5.65 Å². The first-order valence-electron chi connectivity index (χ1n) is 12.3. The number of benzene rings is 1. The SMILES string of the molecule is CC1CN(c2ncnc3c2c(N2CCCC2=O)cn3-c2cccc(Cl)c2)CCN1C(=O)OC(C)(C)C. The van der Waals surface area contributed by atoms with Crippen LogP contribution in [0.3, 0.4) is 0 Å². The summed E-state index contributed by atoms with van der Waals surface area (Å²) in [4.78, 5) is 40.6. The molecule has 2 fully saturated rings. The Morgan fingerprint density at radius 2 is 1.97 bits per heavy atom. The Morgan fingerprint density at radius 1 is 1.17 bits per heavy atom. The van der Waals surface area contributed by atoms with Crippen molar-refractivity contribution in [3.8, 4) is 5.69 Å². The number of carbonyl (C=O) groups is 2. The first-order chi connectivity index (χ1) is 17.1. The van der Waals surface area contributed by atoms with E-state index in [0.717, 1.165) is 29.0 Å². The third kappa shape index (κ3) is 4.59. The Labute approximate surface area is 215 Å². The minimum atomic E-state index is -0.548. The van der Waals surface area contributed by atoms with Gasteiger partial charge >= 0.3 is 6.09 Å². The van der Waals surface area contributed by atoms with Crippen LogP contribution in [0.15, 0.2) is 36.8 Å². The molecule has 2 aliphatic heterocycles. The van der Waals surface area contributed by atoms with Crippen LogP contribution in [0.4, 0.5) is 16.3 Å². The summed E-state index contributed by atoms with van der Waals surface area (Å²) in [5.41, 5.74) is 1.82. The van der Waals surface area contributed by atoms with E-state index >= 15 is 0 Å². The zero-order valence-electron chi connectivity index (χ0n) is 21.1. The minimum Gasteiger partial charge on any atom is -0.444 e. The molecule has 0 radical (unpaired) electrons. The van der Waals surface area contributed by atoms with E-state index in [2.05, 4.69) is 14.9 Å². The number of ether oxygens (including phenoxy) is 1. The van der Waals surface area contributed by atoms with Crippen molar-refractivity contribution in [3.05, 3.63) is 41.8 Å². The molecule has 5 rings (SSSR count). The first kappa shape index (κ1) is 24.4. The minimum absolute atomic E-state index is 0.0782.